The lowest BCUT2D eigenvalue weighted by molar-refractivity contribution is -0.388. The summed E-state index contributed by atoms with van der Waals surface area (Å²) < 4.78 is 26.3. The van der Waals surface area contributed by atoms with Gasteiger partial charge in [0.25, 0.3) is 5.69 Å². The van der Waals surface area contributed by atoms with Crippen LogP contribution in [-0.2, 0) is 15.3 Å². The Hall–Kier alpha value is -2.21. The van der Waals surface area contributed by atoms with Crippen molar-refractivity contribution in [2.75, 3.05) is 0 Å². The Bertz CT molecular complexity index is 1070. The minimum Gasteiger partial charge on any atom is -0.258 e. The largest absolute Gasteiger partial charge is 0.288 e. The molecule has 0 aliphatic heterocycles. The molecule has 0 spiro atoms. The molecule has 0 atom stereocenters. The van der Waals surface area contributed by atoms with Crippen molar-refractivity contribution in [2.24, 2.45) is 17.8 Å². The van der Waals surface area contributed by atoms with E-state index in [0.29, 0.717) is 0 Å². The van der Waals surface area contributed by atoms with Gasteiger partial charge in [0.15, 0.2) is 0 Å². The van der Waals surface area contributed by atoms with Crippen molar-refractivity contribution in [3.05, 3.63) is 63.7 Å². The molecule has 6 heteroatoms. The number of aryl methyl sites for hydroxylation is 1. The van der Waals surface area contributed by atoms with Crippen molar-refractivity contribution in [1.82, 2.24) is 0 Å². The number of nitro groups is 1. The summed E-state index contributed by atoms with van der Waals surface area (Å²) in [5.41, 5.74) is 1.47. The molecule has 0 aromatic heterocycles. The highest BCUT2D eigenvalue weighted by molar-refractivity contribution is 7.91. The van der Waals surface area contributed by atoms with Gasteiger partial charge >= 0.3 is 0 Å². The molecule has 2 aromatic carbocycles. The number of nitrogens with zero attached hydrogens (tertiary/aromatic N) is 1. The van der Waals surface area contributed by atoms with Gasteiger partial charge in [-0.3, -0.25) is 10.1 Å². The van der Waals surface area contributed by atoms with Gasteiger partial charge in [-0.1, -0.05) is 18.2 Å². The quantitative estimate of drug-likeness (QED) is 0.511. The first-order chi connectivity index (χ1) is 13.8. The zero-order valence-corrected chi connectivity index (χ0v) is 17.3. The Morgan fingerprint density at radius 3 is 2.14 bits per heavy atom. The zero-order chi connectivity index (χ0) is 20.4. The van der Waals surface area contributed by atoms with E-state index >= 15 is 0 Å². The van der Waals surface area contributed by atoms with Crippen LogP contribution in [0.25, 0.3) is 0 Å². The summed E-state index contributed by atoms with van der Waals surface area (Å²) in [5.74, 6) is 2.16. The van der Waals surface area contributed by atoms with E-state index in [9.17, 15) is 18.5 Å². The average Bonchev–Trinajstić information content (AvgIpc) is 2.66. The molecule has 4 saturated carbocycles. The van der Waals surface area contributed by atoms with Gasteiger partial charge in [0, 0.05) is 6.07 Å². The van der Waals surface area contributed by atoms with Gasteiger partial charge < -0.3 is 0 Å². The lowest BCUT2D eigenvalue weighted by Gasteiger charge is -2.57. The second-order valence-electron chi connectivity index (χ2n) is 9.46. The summed E-state index contributed by atoms with van der Waals surface area (Å²) in [5, 5.41) is 11.9. The minimum absolute atomic E-state index is 0.00879. The van der Waals surface area contributed by atoms with Crippen LogP contribution in [0.1, 0.15) is 49.7 Å². The summed E-state index contributed by atoms with van der Waals surface area (Å²) >= 11 is 0. The molecule has 0 saturated heterocycles. The van der Waals surface area contributed by atoms with E-state index in [1.165, 1.54) is 31.4 Å². The van der Waals surface area contributed by atoms with Crippen LogP contribution in [0.2, 0.25) is 0 Å². The SMILES string of the molecule is Cc1cccc(S(=O)(=O)c2ccc(C34CC5CC(CC(C5)C3)C4)cc2[N+](=O)[O-])c1. The maximum absolute atomic E-state index is 13.2. The maximum atomic E-state index is 13.2. The van der Waals surface area contributed by atoms with Crippen LogP contribution in [0, 0.1) is 34.8 Å². The zero-order valence-electron chi connectivity index (χ0n) is 16.5. The first-order valence-electron chi connectivity index (χ1n) is 10.4. The fraction of sp³-hybridized carbons (Fsp3) is 0.478. The minimum atomic E-state index is -3.95. The van der Waals surface area contributed by atoms with E-state index in [1.807, 2.05) is 19.1 Å². The Balaban J connectivity index is 1.60. The molecule has 0 radical (unpaired) electrons. The molecule has 0 unspecified atom stereocenters. The fourth-order valence-corrected chi connectivity index (χ4v) is 8.10. The number of sulfone groups is 1. The first-order valence-corrected chi connectivity index (χ1v) is 11.9. The number of hydrogen-bond acceptors (Lipinski definition) is 4. The molecule has 2 aromatic rings. The molecule has 29 heavy (non-hydrogen) atoms. The molecule has 0 heterocycles. The van der Waals surface area contributed by atoms with E-state index < -0.39 is 14.8 Å². The number of hydrogen-bond donors (Lipinski definition) is 0. The Labute approximate surface area is 171 Å². The normalized spacial score (nSPS) is 30.4. The van der Waals surface area contributed by atoms with Gasteiger partial charge in [-0.15, -0.1) is 0 Å². The molecule has 0 amide bonds. The van der Waals surface area contributed by atoms with Crippen molar-refractivity contribution in [1.29, 1.82) is 0 Å². The highest BCUT2D eigenvalue weighted by Gasteiger charge is 2.52. The Kier molecular flexibility index (Phi) is 4.14. The van der Waals surface area contributed by atoms with Crippen molar-refractivity contribution in [2.45, 2.75) is 60.7 Å². The van der Waals surface area contributed by atoms with E-state index in [1.54, 1.807) is 18.2 Å². The summed E-state index contributed by atoms with van der Waals surface area (Å²) in [7, 11) is -3.95. The summed E-state index contributed by atoms with van der Waals surface area (Å²) in [6.45, 7) is 1.81. The predicted molar refractivity (Wildman–Crippen MR) is 110 cm³/mol. The van der Waals surface area contributed by atoms with Crippen LogP contribution in [-0.4, -0.2) is 13.3 Å². The van der Waals surface area contributed by atoms with Gasteiger partial charge in [-0.2, -0.15) is 0 Å². The van der Waals surface area contributed by atoms with Gasteiger partial charge in [0.05, 0.1) is 9.82 Å². The third kappa shape index (κ3) is 3.00. The van der Waals surface area contributed by atoms with Gasteiger partial charge in [0.1, 0.15) is 4.90 Å². The van der Waals surface area contributed by atoms with Crippen molar-refractivity contribution >= 4 is 15.5 Å². The van der Waals surface area contributed by atoms with E-state index in [2.05, 4.69) is 0 Å². The monoisotopic (exact) mass is 411 g/mol. The summed E-state index contributed by atoms with van der Waals surface area (Å²) in [6.07, 6.45) is 7.13. The molecule has 4 fully saturated rings. The molecule has 4 aliphatic rings. The third-order valence-electron chi connectivity index (χ3n) is 7.40. The van der Waals surface area contributed by atoms with Gasteiger partial charge in [-0.05, 0) is 97.9 Å². The number of rotatable bonds is 4. The van der Waals surface area contributed by atoms with Gasteiger partial charge in [-0.25, -0.2) is 8.42 Å². The van der Waals surface area contributed by atoms with Crippen molar-refractivity contribution in [3.63, 3.8) is 0 Å². The molecule has 5 nitrogen and oxygen atoms in total. The van der Waals surface area contributed by atoms with E-state index in [4.69, 9.17) is 0 Å². The molecule has 4 aliphatic carbocycles. The maximum Gasteiger partial charge on any atom is 0.288 e. The second-order valence-corrected chi connectivity index (χ2v) is 11.4. The predicted octanol–water partition coefficient (Wildman–Crippen LogP) is 5.20. The molecule has 6 rings (SSSR count). The molecular formula is C23H25NO4S. The van der Waals surface area contributed by atoms with Crippen molar-refractivity contribution < 1.29 is 13.3 Å². The average molecular weight is 412 g/mol. The van der Waals surface area contributed by atoms with Crippen LogP contribution >= 0.6 is 0 Å². The topological polar surface area (TPSA) is 77.3 Å². The third-order valence-corrected chi connectivity index (χ3v) is 9.19. The lowest BCUT2D eigenvalue weighted by Crippen LogP contribution is -2.48. The number of benzene rings is 2. The number of nitro benzene ring substituents is 1. The lowest BCUT2D eigenvalue weighted by atomic mass is 9.48. The van der Waals surface area contributed by atoms with Crippen LogP contribution in [0.4, 0.5) is 5.69 Å². The highest BCUT2D eigenvalue weighted by Crippen LogP contribution is 2.61. The first kappa shape index (κ1) is 18.8. The summed E-state index contributed by atoms with van der Waals surface area (Å²) in [6, 6.07) is 11.4. The van der Waals surface area contributed by atoms with Crippen LogP contribution in [0.15, 0.2) is 52.3 Å². The second kappa shape index (κ2) is 6.39. The highest BCUT2D eigenvalue weighted by atomic mass is 32.2. The van der Waals surface area contributed by atoms with Crippen LogP contribution < -0.4 is 0 Å². The molecule has 152 valence electrons. The molecule has 4 bridgehead atoms. The summed E-state index contributed by atoms with van der Waals surface area (Å²) in [4.78, 5) is 11.2. The Morgan fingerprint density at radius 1 is 0.966 bits per heavy atom. The van der Waals surface area contributed by atoms with Crippen LogP contribution in [0.3, 0.4) is 0 Å². The molecule has 0 N–H and O–H groups in total. The fourth-order valence-electron chi connectivity index (χ4n) is 6.59. The standard InChI is InChI=1S/C23H25NO4S/c1-15-3-2-4-20(7-15)29(27,28)22-6-5-19(11-21(22)24(25)26)23-12-16-8-17(13-23)10-18(9-16)14-23/h2-7,11,16-18H,8-10,12-14H2,1H3. The van der Waals surface area contributed by atoms with Gasteiger partial charge in [0.2, 0.25) is 9.84 Å². The van der Waals surface area contributed by atoms with Crippen molar-refractivity contribution in [3.8, 4) is 0 Å². The van der Waals surface area contributed by atoms with E-state index in [-0.39, 0.29) is 20.9 Å². The Morgan fingerprint density at radius 2 is 1.59 bits per heavy atom. The smallest absolute Gasteiger partial charge is 0.258 e. The van der Waals surface area contributed by atoms with E-state index in [0.717, 1.165) is 48.1 Å². The molecular weight excluding hydrogens is 386 g/mol. The van der Waals surface area contributed by atoms with Crippen LogP contribution in [0.5, 0.6) is 0 Å².